The number of allylic oxidation sites excluding steroid dienone is 5. The molecule has 0 aromatic heterocycles. The molecule has 0 heteroatoms. The minimum Gasteiger partial charge on any atom is -0.103 e. The van der Waals surface area contributed by atoms with E-state index in [1.54, 1.807) is 0 Å². The van der Waals surface area contributed by atoms with E-state index in [0.717, 1.165) is 6.42 Å². The maximum Gasteiger partial charge on any atom is -0.0163 e. The summed E-state index contributed by atoms with van der Waals surface area (Å²) in [6, 6.07) is 16.7. The van der Waals surface area contributed by atoms with E-state index in [0.29, 0.717) is 0 Å². The molecule has 0 saturated carbocycles. The molecule has 0 spiro atoms. The van der Waals surface area contributed by atoms with Crippen molar-refractivity contribution in [3.8, 4) is 0 Å². The van der Waals surface area contributed by atoms with Crippen molar-refractivity contribution in [2.75, 3.05) is 0 Å². The summed E-state index contributed by atoms with van der Waals surface area (Å²) in [5.41, 5.74) is 0. The number of benzene rings is 2. The first-order chi connectivity index (χ1) is 11.9. The van der Waals surface area contributed by atoms with Crippen LogP contribution in [0.5, 0.6) is 0 Å². The first-order valence-electron chi connectivity index (χ1n) is 9.24. The minimum atomic E-state index is 1.14. The van der Waals surface area contributed by atoms with E-state index in [1.165, 1.54) is 49.3 Å². The Bertz CT molecular complexity index is 529. The Balaban J connectivity index is 0.000000190. The Morgan fingerprint density at radius 3 is 1.67 bits per heavy atom. The van der Waals surface area contributed by atoms with Crippen LogP contribution in [0.1, 0.15) is 51.9 Å². The van der Waals surface area contributed by atoms with Crippen molar-refractivity contribution in [3.63, 3.8) is 0 Å². The van der Waals surface area contributed by atoms with E-state index in [4.69, 9.17) is 0 Å². The van der Waals surface area contributed by atoms with Gasteiger partial charge in [0.25, 0.3) is 0 Å². The van der Waals surface area contributed by atoms with Crippen LogP contribution in [0.2, 0.25) is 0 Å². The Labute approximate surface area is 148 Å². The van der Waals surface area contributed by atoms with Crippen molar-refractivity contribution in [1.82, 2.24) is 0 Å². The molecular weight excluding hydrogens is 288 g/mol. The predicted octanol–water partition coefficient (Wildman–Crippen LogP) is 7.88. The smallest absolute Gasteiger partial charge is 0.0163 e. The van der Waals surface area contributed by atoms with E-state index in [-0.39, 0.29) is 0 Å². The topological polar surface area (TPSA) is 0 Å². The van der Waals surface area contributed by atoms with Crippen LogP contribution in [0, 0.1) is 0 Å². The van der Waals surface area contributed by atoms with Gasteiger partial charge in [0.1, 0.15) is 0 Å². The highest BCUT2D eigenvalue weighted by Crippen LogP contribution is 2.11. The van der Waals surface area contributed by atoms with Crippen molar-refractivity contribution >= 4 is 10.8 Å². The van der Waals surface area contributed by atoms with Crippen molar-refractivity contribution in [3.05, 3.63) is 85.5 Å². The van der Waals surface area contributed by atoms with Gasteiger partial charge in [0.2, 0.25) is 0 Å². The summed E-state index contributed by atoms with van der Waals surface area (Å²) in [6.07, 6.45) is 19.6. The van der Waals surface area contributed by atoms with Crippen molar-refractivity contribution in [1.29, 1.82) is 0 Å². The number of rotatable bonds is 6. The van der Waals surface area contributed by atoms with Crippen molar-refractivity contribution in [2.45, 2.75) is 51.9 Å². The third kappa shape index (κ3) is 9.84. The quantitative estimate of drug-likeness (QED) is 0.375. The summed E-state index contributed by atoms with van der Waals surface area (Å²) in [4.78, 5) is 0. The van der Waals surface area contributed by atoms with Gasteiger partial charge in [-0.1, -0.05) is 112 Å². The number of hydrogen-bond donors (Lipinski definition) is 0. The van der Waals surface area contributed by atoms with Gasteiger partial charge in [-0.2, -0.15) is 0 Å². The second-order valence-corrected chi connectivity index (χ2v) is 5.93. The number of fused-ring (bicyclic) bond motifs is 1. The molecule has 24 heavy (non-hydrogen) atoms. The van der Waals surface area contributed by atoms with Crippen LogP contribution in [0.4, 0.5) is 0 Å². The Hall–Kier alpha value is -2.08. The second-order valence-electron chi connectivity index (χ2n) is 5.93. The van der Waals surface area contributed by atoms with Gasteiger partial charge in [-0.3, -0.25) is 0 Å². The van der Waals surface area contributed by atoms with Crippen LogP contribution in [-0.4, -0.2) is 0 Å². The molecule has 0 heterocycles. The van der Waals surface area contributed by atoms with Gasteiger partial charge in [-0.15, -0.1) is 6.58 Å². The van der Waals surface area contributed by atoms with Gasteiger partial charge < -0.3 is 0 Å². The highest BCUT2D eigenvalue weighted by Gasteiger charge is 1.85. The van der Waals surface area contributed by atoms with Crippen LogP contribution in [0.3, 0.4) is 0 Å². The maximum absolute atomic E-state index is 3.68. The average molecular weight is 321 g/mol. The van der Waals surface area contributed by atoms with Gasteiger partial charge in [0.15, 0.2) is 0 Å². The van der Waals surface area contributed by atoms with E-state index < -0.39 is 0 Å². The molecule has 128 valence electrons. The zero-order chi connectivity index (χ0) is 17.3. The van der Waals surface area contributed by atoms with E-state index >= 15 is 0 Å². The SMILES string of the molecule is C1=CCC=C1.C=CCCCCCCC.c1ccc2ccccc2c1. The third-order valence-electron chi connectivity index (χ3n) is 3.83. The van der Waals surface area contributed by atoms with E-state index in [1.807, 2.05) is 6.08 Å². The lowest BCUT2D eigenvalue weighted by atomic mass is 10.1. The Morgan fingerprint density at radius 1 is 0.792 bits per heavy atom. The first-order valence-corrected chi connectivity index (χ1v) is 9.24. The zero-order valence-corrected chi connectivity index (χ0v) is 15.2. The number of hydrogen-bond acceptors (Lipinski definition) is 0. The fourth-order valence-electron chi connectivity index (χ4n) is 2.42. The van der Waals surface area contributed by atoms with Crippen LogP contribution in [0.15, 0.2) is 85.5 Å². The largest absolute Gasteiger partial charge is 0.103 e. The van der Waals surface area contributed by atoms with Gasteiger partial charge in [-0.25, -0.2) is 0 Å². The summed E-state index contributed by atoms with van der Waals surface area (Å²) >= 11 is 0. The number of unbranched alkanes of at least 4 members (excludes halogenated alkanes) is 5. The molecule has 2 aromatic rings. The fourth-order valence-corrected chi connectivity index (χ4v) is 2.42. The average Bonchev–Trinajstić information content (AvgIpc) is 3.22. The summed E-state index contributed by atoms with van der Waals surface area (Å²) in [5.74, 6) is 0. The molecule has 0 radical (unpaired) electrons. The lowest BCUT2D eigenvalue weighted by molar-refractivity contribution is 0.638. The molecule has 2 aromatic carbocycles. The summed E-state index contributed by atoms with van der Waals surface area (Å²) in [7, 11) is 0. The maximum atomic E-state index is 3.68. The molecule has 0 N–H and O–H groups in total. The summed E-state index contributed by atoms with van der Waals surface area (Å²) < 4.78 is 0. The Morgan fingerprint density at radius 2 is 1.29 bits per heavy atom. The Kier molecular flexibility index (Phi) is 12.1. The molecule has 0 bridgehead atoms. The molecule has 0 saturated heterocycles. The molecular formula is C24H32. The lowest BCUT2D eigenvalue weighted by Gasteiger charge is -1.94. The van der Waals surface area contributed by atoms with Gasteiger partial charge in [0.05, 0.1) is 0 Å². The second kappa shape index (κ2) is 14.5. The molecule has 0 aliphatic heterocycles. The minimum absolute atomic E-state index is 1.14. The van der Waals surface area contributed by atoms with Crippen LogP contribution in [-0.2, 0) is 0 Å². The molecule has 0 fully saturated rings. The first kappa shape index (κ1) is 20.0. The molecule has 0 unspecified atom stereocenters. The van der Waals surface area contributed by atoms with E-state index in [2.05, 4.69) is 86.3 Å². The van der Waals surface area contributed by atoms with Gasteiger partial charge in [-0.05, 0) is 30.0 Å². The van der Waals surface area contributed by atoms with Gasteiger partial charge in [0, 0.05) is 0 Å². The highest BCUT2D eigenvalue weighted by molar-refractivity contribution is 5.81. The van der Waals surface area contributed by atoms with Crippen LogP contribution < -0.4 is 0 Å². The lowest BCUT2D eigenvalue weighted by Crippen LogP contribution is -1.74. The molecule has 0 nitrogen and oxygen atoms in total. The summed E-state index contributed by atoms with van der Waals surface area (Å²) in [6.45, 7) is 5.92. The monoisotopic (exact) mass is 320 g/mol. The molecule has 1 aliphatic rings. The molecule has 3 rings (SSSR count). The zero-order valence-electron chi connectivity index (χ0n) is 15.2. The van der Waals surface area contributed by atoms with Crippen molar-refractivity contribution < 1.29 is 0 Å². The normalized spacial score (nSPS) is 11.4. The third-order valence-corrected chi connectivity index (χ3v) is 3.83. The van der Waals surface area contributed by atoms with E-state index in [9.17, 15) is 0 Å². The molecule has 0 amide bonds. The fraction of sp³-hybridized carbons (Fsp3) is 0.333. The van der Waals surface area contributed by atoms with Gasteiger partial charge >= 0.3 is 0 Å². The molecule has 0 atom stereocenters. The van der Waals surface area contributed by atoms with Crippen LogP contribution in [0.25, 0.3) is 10.8 Å². The molecule has 1 aliphatic carbocycles. The summed E-state index contributed by atoms with van der Waals surface area (Å²) in [5, 5.41) is 2.62. The standard InChI is InChI=1S/C10H8.C9H18.C5H6/c1-2-6-10-8-4-3-7-9(10)5-1;1-3-5-7-9-8-6-4-2;1-2-4-5-3-1/h1-8H;3H,1,4-9H2,2H3;1-4H,5H2. The highest BCUT2D eigenvalue weighted by atomic mass is 13.9. The van der Waals surface area contributed by atoms with Crippen LogP contribution >= 0.6 is 0 Å². The van der Waals surface area contributed by atoms with Crippen molar-refractivity contribution in [2.24, 2.45) is 0 Å². The predicted molar refractivity (Wildman–Crippen MR) is 110 cm³/mol.